The molecule has 0 aliphatic carbocycles. The zero-order chi connectivity index (χ0) is 19.1. The molecule has 5 nitrogen and oxygen atoms in total. The van der Waals surface area contributed by atoms with Gasteiger partial charge in [-0.1, -0.05) is 24.3 Å². The van der Waals surface area contributed by atoms with Gasteiger partial charge in [0.15, 0.2) is 0 Å². The van der Waals surface area contributed by atoms with Gasteiger partial charge in [-0.15, -0.1) is 0 Å². The first-order chi connectivity index (χ1) is 13.2. The summed E-state index contributed by atoms with van der Waals surface area (Å²) in [4.78, 5) is 16.5. The van der Waals surface area contributed by atoms with Gasteiger partial charge in [-0.3, -0.25) is 4.79 Å². The summed E-state index contributed by atoms with van der Waals surface area (Å²) < 4.78 is 18.8. The number of pyridine rings is 1. The summed E-state index contributed by atoms with van der Waals surface area (Å²) in [5, 5.41) is 5.76. The Morgan fingerprint density at radius 1 is 1.11 bits per heavy atom. The van der Waals surface area contributed by atoms with Crippen LogP contribution in [0.1, 0.15) is 15.9 Å². The highest BCUT2D eigenvalue weighted by molar-refractivity contribution is 6.04. The lowest BCUT2D eigenvalue weighted by Gasteiger charge is -2.09. The summed E-state index contributed by atoms with van der Waals surface area (Å²) in [6, 6.07) is 17.1. The van der Waals surface area contributed by atoms with Crippen molar-refractivity contribution in [1.29, 1.82) is 0 Å². The summed E-state index contributed by atoms with van der Waals surface area (Å²) in [6.07, 6.45) is 2.35. The number of halogens is 1. The highest BCUT2D eigenvalue weighted by Crippen LogP contribution is 2.15. The number of methoxy groups -OCH3 is 1. The number of nitrogens with zero attached hydrogens (tertiary/aromatic N) is 1. The Labute approximate surface area is 157 Å². The Kier molecular flexibility index (Phi) is 5.99. The summed E-state index contributed by atoms with van der Waals surface area (Å²) in [5.41, 5.74) is 1.71. The molecular formula is C21H20FN3O2. The highest BCUT2D eigenvalue weighted by Gasteiger charge is 2.10. The van der Waals surface area contributed by atoms with Gasteiger partial charge in [-0.2, -0.15) is 0 Å². The van der Waals surface area contributed by atoms with Gasteiger partial charge >= 0.3 is 0 Å². The quantitative estimate of drug-likeness (QED) is 0.661. The van der Waals surface area contributed by atoms with E-state index in [0.717, 1.165) is 17.7 Å². The molecular weight excluding hydrogens is 345 g/mol. The molecule has 0 saturated heterocycles. The molecule has 6 heteroatoms. The van der Waals surface area contributed by atoms with Crippen molar-refractivity contribution in [3.05, 3.63) is 83.8 Å². The average molecular weight is 365 g/mol. The van der Waals surface area contributed by atoms with Gasteiger partial charge in [-0.05, 0) is 48.4 Å². The first-order valence-corrected chi connectivity index (χ1v) is 8.54. The van der Waals surface area contributed by atoms with Crippen LogP contribution in [0.5, 0.6) is 5.75 Å². The predicted octanol–water partition coefficient (Wildman–Crippen LogP) is 4.14. The van der Waals surface area contributed by atoms with Crippen molar-refractivity contribution in [3.63, 3.8) is 0 Å². The first kappa shape index (κ1) is 18.4. The third-order valence-electron chi connectivity index (χ3n) is 4.02. The molecule has 0 atom stereocenters. The van der Waals surface area contributed by atoms with E-state index in [1.165, 1.54) is 12.1 Å². The van der Waals surface area contributed by atoms with Crippen molar-refractivity contribution in [2.45, 2.75) is 6.42 Å². The number of anilines is 2. The predicted molar refractivity (Wildman–Crippen MR) is 104 cm³/mol. The number of nitrogens with one attached hydrogen (secondary N) is 2. The number of rotatable bonds is 7. The molecule has 138 valence electrons. The fourth-order valence-electron chi connectivity index (χ4n) is 2.55. The van der Waals surface area contributed by atoms with Crippen LogP contribution in [0.4, 0.5) is 15.9 Å². The Hall–Kier alpha value is -3.41. The maximum absolute atomic E-state index is 13.7. The number of carbonyl (C=O) groups excluding carboxylic acids is 1. The van der Waals surface area contributed by atoms with Gasteiger partial charge in [0.05, 0.1) is 12.8 Å². The number of ether oxygens (including phenoxy) is 1. The standard InChI is InChI=1S/C21H20FN3O2/c1-27-17-8-6-15(7-9-17)10-12-23-20-14-16(11-13-24-20)21(26)25-19-5-3-2-4-18(19)22/h2-9,11,13-14H,10,12H2,1H3,(H,23,24)(H,25,26). The number of hydrogen-bond acceptors (Lipinski definition) is 4. The van der Waals surface area contributed by atoms with Crippen molar-refractivity contribution >= 4 is 17.4 Å². The summed E-state index contributed by atoms with van der Waals surface area (Å²) in [7, 11) is 1.64. The molecule has 1 aromatic heterocycles. The molecule has 27 heavy (non-hydrogen) atoms. The van der Waals surface area contributed by atoms with Gasteiger partial charge in [0.1, 0.15) is 17.4 Å². The fourth-order valence-corrected chi connectivity index (χ4v) is 2.55. The normalized spacial score (nSPS) is 10.3. The molecule has 0 aliphatic heterocycles. The van der Waals surface area contributed by atoms with E-state index in [-0.39, 0.29) is 11.6 Å². The van der Waals surface area contributed by atoms with Crippen molar-refractivity contribution in [1.82, 2.24) is 4.98 Å². The summed E-state index contributed by atoms with van der Waals surface area (Å²) in [6.45, 7) is 0.664. The lowest BCUT2D eigenvalue weighted by molar-refractivity contribution is 0.102. The van der Waals surface area contributed by atoms with Crippen LogP contribution in [-0.2, 0) is 6.42 Å². The average Bonchev–Trinajstić information content (AvgIpc) is 2.70. The minimum Gasteiger partial charge on any atom is -0.497 e. The molecule has 2 aromatic carbocycles. The number of aromatic nitrogens is 1. The maximum Gasteiger partial charge on any atom is 0.255 e. The van der Waals surface area contributed by atoms with Gasteiger partial charge in [0.25, 0.3) is 5.91 Å². The molecule has 3 aromatic rings. The SMILES string of the molecule is COc1ccc(CCNc2cc(C(=O)Nc3ccccc3F)ccn2)cc1. The molecule has 1 heterocycles. The number of carbonyl (C=O) groups is 1. The van der Waals surface area contributed by atoms with Crippen LogP contribution < -0.4 is 15.4 Å². The molecule has 0 saturated carbocycles. The van der Waals surface area contributed by atoms with Gasteiger partial charge in [0.2, 0.25) is 0 Å². The van der Waals surface area contributed by atoms with E-state index in [2.05, 4.69) is 15.6 Å². The number of hydrogen-bond donors (Lipinski definition) is 2. The topological polar surface area (TPSA) is 63.2 Å². The second kappa shape index (κ2) is 8.80. The Morgan fingerprint density at radius 2 is 1.89 bits per heavy atom. The smallest absolute Gasteiger partial charge is 0.255 e. The zero-order valence-electron chi connectivity index (χ0n) is 14.9. The molecule has 0 radical (unpaired) electrons. The van der Waals surface area contributed by atoms with Crippen LogP contribution >= 0.6 is 0 Å². The lowest BCUT2D eigenvalue weighted by Crippen LogP contribution is -2.14. The second-order valence-electron chi connectivity index (χ2n) is 5.89. The minimum atomic E-state index is -0.474. The molecule has 3 rings (SSSR count). The van der Waals surface area contributed by atoms with Crippen LogP contribution in [0.25, 0.3) is 0 Å². The fraction of sp³-hybridized carbons (Fsp3) is 0.143. The van der Waals surface area contributed by atoms with E-state index in [9.17, 15) is 9.18 Å². The molecule has 2 N–H and O–H groups in total. The monoisotopic (exact) mass is 365 g/mol. The molecule has 0 spiro atoms. The lowest BCUT2D eigenvalue weighted by atomic mass is 10.1. The molecule has 0 unspecified atom stereocenters. The van der Waals surface area contributed by atoms with Crippen molar-refractivity contribution < 1.29 is 13.9 Å². The van der Waals surface area contributed by atoms with Crippen molar-refractivity contribution in [2.24, 2.45) is 0 Å². The maximum atomic E-state index is 13.7. The van der Waals surface area contributed by atoms with Crippen LogP contribution in [0.2, 0.25) is 0 Å². The molecule has 0 aliphatic rings. The van der Waals surface area contributed by atoms with Gasteiger partial charge in [0, 0.05) is 18.3 Å². The van der Waals surface area contributed by atoms with E-state index in [4.69, 9.17) is 4.74 Å². The van der Waals surface area contributed by atoms with E-state index >= 15 is 0 Å². The highest BCUT2D eigenvalue weighted by atomic mass is 19.1. The number of para-hydroxylation sites is 1. The first-order valence-electron chi connectivity index (χ1n) is 8.54. The number of benzene rings is 2. The van der Waals surface area contributed by atoms with E-state index in [1.54, 1.807) is 37.6 Å². The molecule has 0 bridgehead atoms. The summed E-state index contributed by atoms with van der Waals surface area (Å²) in [5.74, 6) is 0.546. The van der Waals surface area contributed by atoms with Crippen molar-refractivity contribution in [3.8, 4) is 5.75 Å². The third kappa shape index (κ3) is 5.04. The van der Waals surface area contributed by atoms with Crippen LogP contribution in [0.15, 0.2) is 66.9 Å². The Morgan fingerprint density at radius 3 is 2.63 bits per heavy atom. The molecule has 1 amide bonds. The minimum absolute atomic E-state index is 0.147. The second-order valence-corrected chi connectivity index (χ2v) is 5.89. The van der Waals surface area contributed by atoms with E-state index < -0.39 is 5.82 Å². The van der Waals surface area contributed by atoms with E-state index in [1.807, 2.05) is 24.3 Å². The van der Waals surface area contributed by atoms with Gasteiger partial charge in [-0.25, -0.2) is 9.37 Å². The third-order valence-corrected chi connectivity index (χ3v) is 4.02. The van der Waals surface area contributed by atoms with Crippen LogP contribution in [0.3, 0.4) is 0 Å². The summed E-state index contributed by atoms with van der Waals surface area (Å²) >= 11 is 0. The van der Waals surface area contributed by atoms with Gasteiger partial charge < -0.3 is 15.4 Å². The van der Waals surface area contributed by atoms with Crippen LogP contribution in [-0.4, -0.2) is 24.5 Å². The number of amides is 1. The largest absolute Gasteiger partial charge is 0.497 e. The zero-order valence-corrected chi connectivity index (χ0v) is 14.9. The van der Waals surface area contributed by atoms with Crippen molar-refractivity contribution in [2.75, 3.05) is 24.3 Å². The molecule has 0 fully saturated rings. The Balaban J connectivity index is 1.58. The van der Waals surface area contributed by atoms with E-state index in [0.29, 0.717) is 17.9 Å². The Bertz CT molecular complexity index is 913. The van der Waals surface area contributed by atoms with Crippen LogP contribution in [0, 0.1) is 5.82 Å².